The van der Waals surface area contributed by atoms with E-state index in [1.807, 2.05) is 0 Å². The maximum atomic E-state index is 11.8. The Morgan fingerprint density at radius 2 is 2.19 bits per heavy atom. The first-order valence-electron chi connectivity index (χ1n) is 5.54. The molecule has 0 amide bonds. The van der Waals surface area contributed by atoms with Gasteiger partial charge < -0.3 is 4.74 Å². The monoisotopic (exact) mass is 224 g/mol. The van der Waals surface area contributed by atoms with Crippen LogP contribution in [0.2, 0.25) is 0 Å². The number of hydrogen-bond donors (Lipinski definition) is 0. The van der Waals surface area contributed by atoms with Crippen LogP contribution < -0.4 is 5.69 Å². The molecule has 0 radical (unpaired) electrons. The van der Waals surface area contributed by atoms with Gasteiger partial charge in [-0.3, -0.25) is 13.9 Å². The van der Waals surface area contributed by atoms with E-state index in [4.69, 9.17) is 4.74 Å². The van der Waals surface area contributed by atoms with Gasteiger partial charge in [0.1, 0.15) is 6.54 Å². The first-order chi connectivity index (χ1) is 7.58. The fourth-order valence-electron chi connectivity index (χ4n) is 1.62. The van der Waals surface area contributed by atoms with Crippen molar-refractivity contribution in [3.8, 4) is 0 Å². The van der Waals surface area contributed by atoms with Crippen LogP contribution in [0.1, 0.15) is 32.7 Å². The molecule has 1 aliphatic rings. The molecular formula is C11H16N2O3. The molecule has 16 heavy (non-hydrogen) atoms. The van der Waals surface area contributed by atoms with Gasteiger partial charge in [-0.25, -0.2) is 4.79 Å². The molecule has 1 heterocycles. The van der Waals surface area contributed by atoms with E-state index >= 15 is 0 Å². The third kappa shape index (κ3) is 2.35. The van der Waals surface area contributed by atoms with E-state index < -0.39 is 0 Å². The molecule has 88 valence electrons. The normalized spacial score (nSPS) is 15.4. The zero-order valence-electron chi connectivity index (χ0n) is 9.55. The molecular weight excluding hydrogens is 208 g/mol. The lowest BCUT2D eigenvalue weighted by molar-refractivity contribution is -0.148. The number of ether oxygens (including phenoxy) is 1. The average molecular weight is 224 g/mol. The van der Waals surface area contributed by atoms with Crippen LogP contribution in [0, 0.1) is 0 Å². The van der Waals surface area contributed by atoms with Gasteiger partial charge in [0.2, 0.25) is 0 Å². The van der Waals surface area contributed by atoms with Crippen molar-refractivity contribution in [2.24, 2.45) is 0 Å². The maximum absolute atomic E-state index is 11.8. The molecule has 5 heteroatoms. The van der Waals surface area contributed by atoms with Gasteiger partial charge in [0.15, 0.2) is 0 Å². The van der Waals surface area contributed by atoms with Crippen LogP contribution in [0.5, 0.6) is 0 Å². The minimum atomic E-state index is -0.370. The quantitative estimate of drug-likeness (QED) is 0.715. The Hall–Kier alpha value is -1.52. The molecule has 0 bridgehead atoms. The highest BCUT2D eigenvalue weighted by atomic mass is 16.5. The summed E-state index contributed by atoms with van der Waals surface area (Å²) in [6.07, 6.45) is 5.35. The number of aromatic nitrogens is 2. The van der Waals surface area contributed by atoms with Gasteiger partial charge in [-0.15, -0.1) is 0 Å². The van der Waals surface area contributed by atoms with E-state index in [0.717, 1.165) is 12.8 Å². The first kappa shape index (κ1) is 11.0. The van der Waals surface area contributed by atoms with E-state index in [2.05, 4.69) is 0 Å². The number of hydrogen-bond acceptors (Lipinski definition) is 3. The van der Waals surface area contributed by atoms with Gasteiger partial charge in [0, 0.05) is 18.4 Å². The lowest BCUT2D eigenvalue weighted by Crippen LogP contribution is -2.28. The molecule has 1 fully saturated rings. The van der Waals surface area contributed by atoms with Crippen molar-refractivity contribution in [1.29, 1.82) is 0 Å². The number of esters is 1. The second-order valence-corrected chi connectivity index (χ2v) is 4.39. The molecule has 0 aliphatic heterocycles. The van der Waals surface area contributed by atoms with Crippen LogP contribution in [-0.2, 0) is 16.1 Å². The van der Waals surface area contributed by atoms with Gasteiger partial charge in [0.05, 0.1) is 6.10 Å². The molecule has 0 N–H and O–H groups in total. The fourth-order valence-corrected chi connectivity index (χ4v) is 1.62. The zero-order valence-corrected chi connectivity index (χ0v) is 9.55. The van der Waals surface area contributed by atoms with Crippen LogP contribution in [0.4, 0.5) is 0 Å². The van der Waals surface area contributed by atoms with Crippen molar-refractivity contribution in [2.75, 3.05) is 0 Å². The Morgan fingerprint density at radius 1 is 1.50 bits per heavy atom. The third-order valence-corrected chi connectivity index (χ3v) is 2.48. The highest BCUT2D eigenvalue weighted by molar-refractivity contribution is 5.69. The molecule has 1 aromatic rings. The van der Waals surface area contributed by atoms with Gasteiger partial charge >= 0.3 is 11.7 Å². The standard InChI is InChI=1S/C11H16N2O3/c1-8(2)16-10(14)7-12-5-6-13(11(12)15)9-3-4-9/h5-6,8-9H,3-4,7H2,1-2H3. The van der Waals surface area contributed by atoms with Crippen molar-refractivity contribution in [1.82, 2.24) is 9.13 Å². The van der Waals surface area contributed by atoms with Crippen molar-refractivity contribution in [3.05, 3.63) is 22.9 Å². The number of imidazole rings is 1. The lowest BCUT2D eigenvalue weighted by atomic mass is 10.5. The van der Waals surface area contributed by atoms with E-state index in [1.165, 1.54) is 4.57 Å². The van der Waals surface area contributed by atoms with Crippen molar-refractivity contribution < 1.29 is 9.53 Å². The van der Waals surface area contributed by atoms with Gasteiger partial charge in [0.25, 0.3) is 0 Å². The fraction of sp³-hybridized carbons (Fsp3) is 0.636. The number of rotatable bonds is 4. The van der Waals surface area contributed by atoms with Crippen LogP contribution >= 0.6 is 0 Å². The van der Waals surface area contributed by atoms with E-state index in [0.29, 0.717) is 6.04 Å². The first-order valence-corrected chi connectivity index (χ1v) is 5.54. The second-order valence-electron chi connectivity index (χ2n) is 4.39. The third-order valence-electron chi connectivity index (χ3n) is 2.48. The molecule has 0 spiro atoms. The summed E-state index contributed by atoms with van der Waals surface area (Å²) in [6.45, 7) is 3.57. The summed E-state index contributed by atoms with van der Waals surface area (Å²) in [4.78, 5) is 23.2. The Morgan fingerprint density at radius 3 is 2.75 bits per heavy atom. The molecule has 0 saturated heterocycles. The second kappa shape index (κ2) is 4.15. The Labute approximate surface area is 93.6 Å². The predicted octanol–water partition coefficient (Wildman–Crippen LogP) is 0.936. The summed E-state index contributed by atoms with van der Waals surface area (Å²) in [5.41, 5.74) is -0.122. The van der Waals surface area contributed by atoms with Crippen LogP contribution in [0.15, 0.2) is 17.2 Å². The van der Waals surface area contributed by atoms with Gasteiger partial charge in [-0.2, -0.15) is 0 Å². The molecule has 1 aromatic heterocycles. The van der Waals surface area contributed by atoms with E-state index in [9.17, 15) is 9.59 Å². The number of carbonyl (C=O) groups excluding carboxylic acids is 1. The summed E-state index contributed by atoms with van der Waals surface area (Å²) in [5, 5.41) is 0. The molecule has 2 rings (SSSR count). The zero-order chi connectivity index (χ0) is 11.7. The summed E-state index contributed by atoms with van der Waals surface area (Å²) in [7, 11) is 0. The van der Waals surface area contributed by atoms with Gasteiger partial charge in [-0.05, 0) is 26.7 Å². The lowest BCUT2D eigenvalue weighted by Gasteiger charge is -2.07. The molecule has 0 atom stereocenters. The van der Waals surface area contributed by atoms with Crippen LogP contribution in [0.3, 0.4) is 0 Å². The van der Waals surface area contributed by atoms with Crippen LogP contribution in [0.25, 0.3) is 0 Å². The van der Waals surface area contributed by atoms with Crippen molar-refractivity contribution in [2.45, 2.75) is 45.4 Å². The molecule has 5 nitrogen and oxygen atoms in total. The van der Waals surface area contributed by atoms with Crippen molar-refractivity contribution >= 4 is 5.97 Å². The highest BCUT2D eigenvalue weighted by Crippen LogP contribution is 2.33. The topological polar surface area (TPSA) is 53.2 Å². The summed E-state index contributed by atoms with van der Waals surface area (Å²) in [6, 6.07) is 0.342. The minimum absolute atomic E-state index is 0.00324. The summed E-state index contributed by atoms with van der Waals surface area (Å²) >= 11 is 0. The number of carbonyl (C=O) groups is 1. The SMILES string of the molecule is CC(C)OC(=O)Cn1ccn(C2CC2)c1=O. The van der Waals surface area contributed by atoms with Gasteiger partial charge in [-0.1, -0.05) is 0 Å². The van der Waals surface area contributed by atoms with E-state index in [1.54, 1.807) is 30.8 Å². The molecule has 1 saturated carbocycles. The predicted molar refractivity (Wildman–Crippen MR) is 58.2 cm³/mol. The Bertz CT molecular complexity index is 440. The minimum Gasteiger partial charge on any atom is -0.462 e. The maximum Gasteiger partial charge on any atom is 0.328 e. The molecule has 0 aromatic carbocycles. The Balaban J connectivity index is 2.04. The van der Waals surface area contributed by atoms with Crippen LogP contribution in [-0.4, -0.2) is 21.2 Å². The molecule has 0 unspecified atom stereocenters. The smallest absolute Gasteiger partial charge is 0.328 e. The van der Waals surface area contributed by atoms with E-state index in [-0.39, 0.29) is 24.3 Å². The summed E-state index contributed by atoms with van der Waals surface area (Å²) in [5.74, 6) is -0.370. The summed E-state index contributed by atoms with van der Waals surface area (Å²) < 4.78 is 8.06. The largest absolute Gasteiger partial charge is 0.462 e. The average Bonchev–Trinajstić information content (AvgIpc) is 2.94. The van der Waals surface area contributed by atoms with Crippen molar-refractivity contribution in [3.63, 3.8) is 0 Å². The Kier molecular flexibility index (Phi) is 2.85. The highest BCUT2D eigenvalue weighted by Gasteiger charge is 2.25. The molecule has 1 aliphatic carbocycles. The number of nitrogens with zero attached hydrogens (tertiary/aromatic N) is 2.